The molecular formula is C11H11BrN2S2. The lowest BCUT2D eigenvalue weighted by atomic mass is 10.2. The van der Waals surface area contributed by atoms with Gasteiger partial charge < -0.3 is 5.73 Å². The maximum Gasteiger partial charge on any atom is 0.133 e. The van der Waals surface area contributed by atoms with Gasteiger partial charge in [-0.15, -0.1) is 22.7 Å². The Balaban J connectivity index is 2.01. The van der Waals surface area contributed by atoms with Gasteiger partial charge in [-0.05, 0) is 34.8 Å². The Labute approximate surface area is 111 Å². The van der Waals surface area contributed by atoms with E-state index in [0.717, 1.165) is 9.48 Å². The standard InChI is InChI=1S/C11H11BrN2S2/c12-7-3-8(15-5-7)11-14-10(6-1-2-6)9(4-13)16-11/h3,5-6H,1-2,4,13H2. The molecule has 0 saturated heterocycles. The van der Waals surface area contributed by atoms with Gasteiger partial charge in [-0.1, -0.05) is 0 Å². The quantitative estimate of drug-likeness (QED) is 0.931. The normalized spacial score (nSPS) is 15.6. The number of rotatable bonds is 3. The number of nitrogens with two attached hydrogens (primary N) is 1. The first-order chi connectivity index (χ1) is 7.78. The second-order valence-corrected chi connectivity index (χ2v) is 6.85. The van der Waals surface area contributed by atoms with E-state index in [1.807, 2.05) is 0 Å². The fourth-order valence-corrected chi connectivity index (χ4v) is 4.23. The van der Waals surface area contributed by atoms with E-state index in [9.17, 15) is 0 Å². The zero-order chi connectivity index (χ0) is 11.1. The molecule has 0 aromatic carbocycles. The van der Waals surface area contributed by atoms with Crippen molar-refractivity contribution >= 4 is 38.6 Å². The molecule has 0 amide bonds. The summed E-state index contributed by atoms with van der Waals surface area (Å²) in [6.07, 6.45) is 2.56. The Morgan fingerprint density at radius 2 is 2.31 bits per heavy atom. The van der Waals surface area contributed by atoms with Crippen molar-refractivity contribution < 1.29 is 0 Å². The van der Waals surface area contributed by atoms with Crippen LogP contribution in [0.2, 0.25) is 0 Å². The Morgan fingerprint density at radius 3 is 2.88 bits per heavy atom. The summed E-state index contributed by atoms with van der Waals surface area (Å²) in [5.41, 5.74) is 7.03. The maximum absolute atomic E-state index is 5.78. The number of hydrogen-bond donors (Lipinski definition) is 1. The maximum atomic E-state index is 5.78. The molecular weight excluding hydrogens is 304 g/mol. The molecule has 5 heteroatoms. The molecule has 2 aromatic heterocycles. The van der Waals surface area contributed by atoms with Crippen LogP contribution in [0.3, 0.4) is 0 Å². The van der Waals surface area contributed by atoms with Crippen LogP contribution in [-0.2, 0) is 6.54 Å². The van der Waals surface area contributed by atoms with E-state index in [2.05, 4.69) is 27.4 Å². The van der Waals surface area contributed by atoms with Crippen molar-refractivity contribution in [3.8, 4) is 9.88 Å². The predicted octanol–water partition coefficient (Wildman–Crippen LogP) is 3.97. The summed E-state index contributed by atoms with van der Waals surface area (Å²) >= 11 is 6.95. The summed E-state index contributed by atoms with van der Waals surface area (Å²) in [5.74, 6) is 0.687. The van der Waals surface area contributed by atoms with Crippen molar-refractivity contribution in [2.75, 3.05) is 0 Å². The third-order valence-electron chi connectivity index (χ3n) is 2.66. The molecule has 0 bridgehead atoms. The van der Waals surface area contributed by atoms with Gasteiger partial charge in [0.25, 0.3) is 0 Å². The molecule has 0 aliphatic heterocycles. The highest BCUT2D eigenvalue weighted by Crippen LogP contribution is 2.44. The van der Waals surface area contributed by atoms with Gasteiger partial charge in [-0.2, -0.15) is 0 Å². The fourth-order valence-electron chi connectivity index (χ4n) is 1.72. The van der Waals surface area contributed by atoms with E-state index in [4.69, 9.17) is 10.7 Å². The Hall–Kier alpha value is -0.230. The van der Waals surface area contributed by atoms with Crippen molar-refractivity contribution in [3.05, 3.63) is 26.5 Å². The highest BCUT2D eigenvalue weighted by Gasteiger charge is 2.29. The smallest absolute Gasteiger partial charge is 0.133 e. The highest BCUT2D eigenvalue weighted by molar-refractivity contribution is 9.10. The monoisotopic (exact) mass is 314 g/mol. The highest BCUT2D eigenvalue weighted by atomic mass is 79.9. The zero-order valence-corrected chi connectivity index (χ0v) is 11.8. The summed E-state index contributed by atoms with van der Waals surface area (Å²) in [6.45, 7) is 0.621. The molecule has 2 heterocycles. The minimum Gasteiger partial charge on any atom is -0.326 e. The molecule has 1 saturated carbocycles. The lowest BCUT2D eigenvalue weighted by Gasteiger charge is -1.93. The first kappa shape index (κ1) is 10.9. The lowest BCUT2D eigenvalue weighted by Crippen LogP contribution is -1.96. The molecule has 1 fully saturated rings. The molecule has 0 radical (unpaired) electrons. The van der Waals surface area contributed by atoms with Crippen molar-refractivity contribution in [2.45, 2.75) is 25.3 Å². The van der Waals surface area contributed by atoms with Crippen LogP contribution < -0.4 is 5.73 Å². The number of nitrogens with zero attached hydrogens (tertiary/aromatic N) is 1. The average molecular weight is 315 g/mol. The summed E-state index contributed by atoms with van der Waals surface area (Å²) in [6, 6.07) is 2.13. The number of thiophene rings is 1. The van der Waals surface area contributed by atoms with Gasteiger partial charge in [0, 0.05) is 27.2 Å². The third kappa shape index (κ3) is 1.97. The van der Waals surface area contributed by atoms with Crippen LogP contribution in [0.5, 0.6) is 0 Å². The summed E-state index contributed by atoms with van der Waals surface area (Å²) in [4.78, 5) is 7.26. The van der Waals surface area contributed by atoms with E-state index < -0.39 is 0 Å². The number of hydrogen-bond acceptors (Lipinski definition) is 4. The van der Waals surface area contributed by atoms with Gasteiger partial charge in [0.2, 0.25) is 0 Å². The van der Waals surface area contributed by atoms with Crippen LogP contribution in [-0.4, -0.2) is 4.98 Å². The van der Waals surface area contributed by atoms with Crippen LogP contribution in [0, 0.1) is 0 Å². The van der Waals surface area contributed by atoms with Crippen LogP contribution in [0.25, 0.3) is 9.88 Å². The van der Waals surface area contributed by atoms with Gasteiger partial charge in [0.15, 0.2) is 0 Å². The lowest BCUT2D eigenvalue weighted by molar-refractivity contribution is 0.980. The second-order valence-electron chi connectivity index (χ2n) is 3.94. The molecule has 0 unspecified atom stereocenters. The van der Waals surface area contributed by atoms with Gasteiger partial charge in [0.1, 0.15) is 5.01 Å². The molecule has 3 rings (SSSR count). The van der Waals surface area contributed by atoms with Crippen LogP contribution in [0.15, 0.2) is 15.9 Å². The molecule has 1 aliphatic rings. The summed E-state index contributed by atoms with van der Waals surface area (Å²) in [5, 5.41) is 3.22. The van der Waals surface area contributed by atoms with E-state index in [1.165, 1.54) is 28.3 Å². The molecule has 0 atom stereocenters. The van der Waals surface area contributed by atoms with Gasteiger partial charge in [-0.25, -0.2) is 4.98 Å². The Morgan fingerprint density at radius 1 is 1.50 bits per heavy atom. The third-order valence-corrected chi connectivity index (χ3v) is 5.61. The van der Waals surface area contributed by atoms with Crippen molar-refractivity contribution in [2.24, 2.45) is 5.73 Å². The molecule has 84 valence electrons. The van der Waals surface area contributed by atoms with Crippen molar-refractivity contribution in [1.82, 2.24) is 4.98 Å². The van der Waals surface area contributed by atoms with E-state index in [0.29, 0.717) is 12.5 Å². The SMILES string of the molecule is NCc1sc(-c2cc(Br)cs2)nc1C1CC1. The fraction of sp³-hybridized carbons (Fsp3) is 0.364. The van der Waals surface area contributed by atoms with Gasteiger partial charge >= 0.3 is 0 Å². The topological polar surface area (TPSA) is 38.9 Å². The minimum absolute atomic E-state index is 0.621. The van der Waals surface area contributed by atoms with Crippen LogP contribution in [0.4, 0.5) is 0 Å². The number of aromatic nitrogens is 1. The van der Waals surface area contributed by atoms with Crippen molar-refractivity contribution in [1.29, 1.82) is 0 Å². The number of halogens is 1. The van der Waals surface area contributed by atoms with Crippen molar-refractivity contribution in [3.63, 3.8) is 0 Å². The molecule has 2 aromatic rings. The summed E-state index contributed by atoms with van der Waals surface area (Å²) in [7, 11) is 0. The molecule has 0 spiro atoms. The van der Waals surface area contributed by atoms with Gasteiger partial charge in [0.05, 0.1) is 10.6 Å². The Kier molecular flexibility index (Phi) is 2.87. The van der Waals surface area contributed by atoms with Crippen LogP contribution >= 0.6 is 38.6 Å². The minimum atomic E-state index is 0.621. The van der Waals surface area contributed by atoms with E-state index >= 15 is 0 Å². The zero-order valence-electron chi connectivity index (χ0n) is 8.57. The molecule has 1 aliphatic carbocycles. The molecule has 16 heavy (non-hydrogen) atoms. The first-order valence-electron chi connectivity index (χ1n) is 5.22. The molecule has 2 nitrogen and oxygen atoms in total. The second kappa shape index (κ2) is 4.22. The van der Waals surface area contributed by atoms with E-state index in [1.54, 1.807) is 22.7 Å². The Bertz CT molecular complexity index is 514. The summed E-state index contributed by atoms with van der Waals surface area (Å²) < 4.78 is 1.13. The van der Waals surface area contributed by atoms with E-state index in [-0.39, 0.29) is 0 Å². The predicted molar refractivity (Wildman–Crippen MR) is 73.0 cm³/mol. The number of thiazole rings is 1. The average Bonchev–Trinajstić information content (AvgIpc) is 2.88. The largest absolute Gasteiger partial charge is 0.326 e. The van der Waals surface area contributed by atoms with Gasteiger partial charge in [-0.3, -0.25) is 0 Å². The molecule has 2 N–H and O–H groups in total. The first-order valence-corrected chi connectivity index (χ1v) is 7.71. The van der Waals surface area contributed by atoms with Crippen LogP contribution in [0.1, 0.15) is 29.3 Å².